The molecule has 3 aromatic rings. The van der Waals surface area contributed by atoms with Gasteiger partial charge < -0.3 is 5.32 Å². The second-order valence-corrected chi connectivity index (χ2v) is 6.58. The van der Waals surface area contributed by atoms with Gasteiger partial charge >= 0.3 is 6.03 Å². The predicted molar refractivity (Wildman–Crippen MR) is 111 cm³/mol. The van der Waals surface area contributed by atoms with E-state index in [2.05, 4.69) is 10.3 Å². The fourth-order valence-electron chi connectivity index (χ4n) is 3.31. The third-order valence-electron chi connectivity index (χ3n) is 4.71. The Morgan fingerprint density at radius 3 is 2.17 bits per heavy atom. The van der Waals surface area contributed by atoms with E-state index in [1.165, 1.54) is 12.1 Å². The van der Waals surface area contributed by atoms with Crippen molar-refractivity contribution in [1.29, 1.82) is 0 Å². The van der Waals surface area contributed by atoms with Crippen molar-refractivity contribution in [3.05, 3.63) is 106 Å². The number of nitrogens with one attached hydrogen (secondary N) is 1. The molecule has 1 aliphatic heterocycles. The number of carbonyl (C=O) groups is 1. The number of amides is 2. The van der Waals surface area contributed by atoms with E-state index in [9.17, 15) is 14.9 Å². The molecule has 29 heavy (non-hydrogen) atoms. The summed E-state index contributed by atoms with van der Waals surface area (Å²) in [6.07, 6.45) is 0. The van der Waals surface area contributed by atoms with Crippen LogP contribution in [0.3, 0.4) is 0 Å². The molecule has 4 rings (SSSR count). The van der Waals surface area contributed by atoms with Crippen molar-refractivity contribution < 1.29 is 9.72 Å². The Morgan fingerprint density at radius 1 is 0.931 bits per heavy atom. The number of amidine groups is 1. The summed E-state index contributed by atoms with van der Waals surface area (Å²) in [7, 11) is 0. The van der Waals surface area contributed by atoms with Crippen molar-refractivity contribution in [2.24, 2.45) is 4.99 Å². The number of non-ortho nitro benzene ring substituents is 1. The van der Waals surface area contributed by atoms with Crippen LogP contribution in [-0.2, 0) is 6.54 Å². The number of anilines is 1. The van der Waals surface area contributed by atoms with Gasteiger partial charge in [0, 0.05) is 24.4 Å². The number of hydrogen-bond acceptors (Lipinski definition) is 4. The Labute approximate surface area is 167 Å². The molecule has 0 radical (unpaired) electrons. The van der Waals surface area contributed by atoms with Gasteiger partial charge in [0.25, 0.3) is 5.69 Å². The topological polar surface area (TPSA) is 87.8 Å². The molecule has 7 heteroatoms. The summed E-state index contributed by atoms with van der Waals surface area (Å²) in [5, 5.41) is 14.2. The Bertz CT molecular complexity index is 1050. The number of rotatable bonds is 5. The van der Waals surface area contributed by atoms with E-state index in [1.807, 2.05) is 60.7 Å². The summed E-state index contributed by atoms with van der Waals surface area (Å²) in [5.41, 5.74) is 2.49. The quantitative estimate of drug-likeness (QED) is 0.518. The Hall–Kier alpha value is -4.00. The highest BCUT2D eigenvalue weighted by atomic mass is 16.6. The normalized spacial score (nSPS) is 15.9. The summed E-state index contributed by atoms with van der Waals surface area (Å²) in [5.74, 6) is 0.545. The van der Waals surface area contributed by atoms with Gasteiger partial charge in [-0.25, -0.2) is 4.79 Å². The number of benzene rings is 3. The molecular weight excluding hydrogens is 368 g/mol. The van der Waals surface area contributed by atoms with Crippen LogP contribution in [0.25, 0.3) is 0 Å². The van der Waals surface area contributed by atoms with E-state index in [1.54, 1.807) is 17.0 Å². The standard InChI is InChI=1S/C22H18N4O3/c27-22-24-21(23-15-16-7-3-1-4-8-16)20(17-9-5-2-6-10-17)25(22)18-11-13-19(14-12-18)26(28)29/h1-14,20H,15H2,(H,23,24,27). The second kappa shape index (κ2) is 7.93. The van der Waals surface area contributed by atoms with E-state index < -0.39 is 17.0 Å². The van der Waals surface area contributed by atoms with Crippen LogP contribution >= 0.6 is 0 Å². The third kappa shape index (κ3) is 3.84. The maximum atomic E-state index is 12.8. The van der Waals surface area contributed by atoms with Crippen LogP contribution < -0.4 is 10.2 Å². The minimum absolute atomic E-state index is 0.0278. The number of aliphatic imine (C=N–C) groups is 1. The monoisotopic (exact) mass is 386 g/mol. The van der Waals surface area contributed by atoms with E-state index >= 15 is 0 Å². The lowest BCUT2D eigenvalue weighted by atomic mass is 10.0. The summed E-state index contributed by atoms with van der Waals surface area (Å²) >= 11 is 0. The smallest absolute Gasteiger partial charge is 0.350 e. The molecule has 0 bridgehead atoms. The molecule has 1 unspecified atom stereocenters. The van der Waals surface area contributed by atoms with Gasteiger partial charge in [0.2, 0.25) is 0 Å². The Balaban J connectivity index is 1.66. The Kier molecular flexibility index (Phi) is 5.03. The van der Waals surface area contributed by atoms with Gasteiger partial charge in [-0.15, -0.1) is 0 Å². The summed E-state index contributed by atoms with van der Waals surface area (Å²) in [6.45, 7) is 0.532. The Morgan fingerprint density at radius 2 is 1.55 bits per heavy atom. The molecule has 1 heterocycles. The van der Waals surface area contributed by atoms with Gasteiger partial charge in [0.05, 0.1) is 4.92 Å². The number of hydrogen-bond donors (Lipinski definition) is 1. The van der Waals surface area contributed by atoms with Crippen LogP contribution in [0.4, 0.5) is 16.2 Å². The van der Waals surface area contributed by atoms with Crippen molar-refractivity contribution >= 4 is 23.2 Å². The fourth-order valence-corrected chi connectivity index (χ4v) is 3.31. The fraction of sp³-hybridized carbons (Fsp3) is 0.0909. The average Bonchev–Trinajstić information content (AvgIpc) is 3.09. The van der Waals surface area contributed by atoms with Crippen molar-refractivity contribution in [3.8, 4) is 0 Å². The first-order valence-corrected chi connectivity index (χ1v) is 9.12. The van der Waals surface area contributed by atoms with E-state index in [4.69, 9.17) is 0 Å². The largest absolute Gasteiger partial charge is 0.367 e. The van der Waals surface area contributed by atoms with Crippen LogP contribution in [-0.4, -0.2) is 16.8 Å². The van der Waals surface area contributed by atoms with E-state index in [-0.39, 0.29) is 5.69 Å². The summed E-state index contributed by atoms with van der Waals surface area (Å²) in [6, 6.07) is 24.5. The molecule has 144 valence electrons. The lowest BCUT2D eigenvalue weighted by Crippen LogP contribution is -2.35. The zero-order chi connectivity index (χ0) is 20.2. The molecule has 0 aromatic heterocycles. The van der Waals surface area contributed by atoms with E-state index in [0.717, 1.165) is 11.1 Å². The van der Waals surface area contributed by atoms with Crippen molar-refractivity contribution in [2.45, 2.75) is 12.6 Å². The highest BCUT2D eigenvalue weighted by Gasteiger charge is 2.37. The molecule has 0 spiro atoms. The molecule has 1 atom stereocenters. The van der Waals surface area contributed by atoms with Gasteiger partial charge in [-0.1, -0.05) is 60.7 Å². The van der Waals surface area contributed by atoms with Crippen molar-refractivity contribution in [2.75, 3.05) is 4.90 Å². The van der Waals surface area contributed by atoms with Crippen LogP contribution in [0.15, 0.2) is 89.9 Å². The number of urea groups is 1. The van der Waals surface area contributed by atoms with Gasteiger partial charge in [-0.2, -0.15) is 4.99 Å². The predicted octanol–water partition coefficient (Wildman–Crippen LogP) is 4.46. The van der Waals surface area contributed by atoms with Gasteiger partial charge in [0.15, 0.2) is 0 Å². The maximum absolute atomic E-state index is 12.8. The average molecular weight is 386 g/mol. The molecule has 7 nitrogen and oxygen atoms in total. The SMILES string of the molecule is O=C1N=C(NCc2ccccc2)C(c2ccccc2)N1c1ccc([N+](=O)[O-])cc1. The summed E-state index contributed by atoms with van der Waals surface area (Å²) in [4.78, 5) is 29.0. The van der Waals surface area contributed by atoms with Gasteiger partial charge in [-0.3, -0.25) is 15.0 Å². The maximum Gasteiger partial charge on any atom is 0.350 e. The van der Waals surface area contributed by atoms with Crippen molar-refractivity contribution in [3.63, 3.8) is 0 Å². The first-order chi connectivity index (χ1) is 14.1. The van der Waals surface area contributed by atoms with Crippen LogP contribution in [0.2, 0.25) is 0 Å². The number of nitro groups is 1. The van der Waals surface area contributed by atoms with Gasteiger partial charge in [-0.05, 0) is 23.3 Å². The molecule has 1 aliphatic rings. The summed E-state index contributed by atoms with van der Waals surface area (Å²) < 4.78 is 0. The molecule has 3 aromatic carbocycles. The number of nitro benzene ring substituents is 1. The van der Waals surface area contributed by atoms with Crippen LogP contribution in [0.5, 0.6) is 0 Å². The zero-order valence-electron chi connectivity index (χ0n) is 15.4. The number of nitrogens with zero attached hydrogens (tertiary/aromatic N) is 3. The minimum Gasteiger partial charge on any atom is -0.367 e. The van der Waals surface area contributed by atoms with Crippen molar-refractivity contribution in [1.82, 2.24) is 5.32 Å². The minimum atomic E-state index is -0.465. The van der Waals surface area contributed by atoms with Crippen LogP contribution in [0, 0.1) is 10.1 Å². The first-order valence-electron chi connectivity index (χ1n) is 9.12. The molecule has 0 saturated carbocycles. The van der Waals surface area contributed by atoms with Gasteiger partial charge in [0.1, 0.15) is 11.9 Å². The lowest BCUT2D eigenvalue weighted by molar-refractivity contribution is -0.384. The highest BCUT2D eigenvalue weighted by Crippen LogP contribution is 2.33. The second-order valence-electron chi connectivity index (χ2n) is 6.58. The molecule has 0 saturated heterocycles. The van der Waals surface area contributed by atoms with Crippen LogP contribution in [0.1, 0.15) is 17.2 Å². The first kappa shape index (κ1) is 18.4. The lowest BCUT2D eigenvalue weighted by Gasteiger charge is -2.26. The molecule has 0 fully saturated rings. The molecular formula is C22H18N4O3. The highest BCUT2D eigenvalue weighted by molar-refractivity contribution is 6.13. The number of carbonyl (C=O) groups excluding carboxylic acids is 1. The molecule has 1 N–H and O–H groups in total. The van der Waals surface area contributed by atoms with E-state index in [0.29, 0.717) is 18.1 Å². The zero-order valence-corrected chi connectivity index (χ0v) is 15.4. The third-order valence-corrected chi connectivity index (χ3v) is 4.71. The molecule has 2 amide bonds. The molecule has 0 aliphatic carbocycles.